The van der Waals surface area contributed by atoms with Crippen molar-refractivity contribution >= 4 is 33.8 Å². The Morgan fingerprint density at radius 2 is 1.84 bits per heavy atom. The summed E-state index contributed by atoms with van der Waals surface area (Å²) >= 11 is 0. The maximum atomic E-state index is 13.3. The van der Waals surface area contributed by atoms with Crippen molar-refractivity contribution in [3.8, 4) is 22.6 Å². The number of fused-ring (bicyclic) bond motifs is 2. The minimum atomic E-state index is -1.62. The number of aliphatic hydroxyl groups is 2. The molecule has 0 radical (unpaired) electrons. The highest BCUT2D eigenvalue weighted by Crippen LogP contribution is 2.30. The quantitative estimate of drug-likeness (QED) is 0.0954. The number of aliphatic hydroxyl groups excluding tert-OH is 2. The summed E-state index contributed by atoms with van der Waals surface area (Å²) < 4.78 is 24.5. The van der Waals surface area contributed by atoms with Crippen molar-refractivity contribution in [3.05, 3.63) is 83.1 Å². The zero-order chi connectivity index (χ0) is 34.8. The lowest BCUT2D eigenvalue weighted by molar-refractivity contribution is -0.288. The van der Waals surface area contributed by atoms with Gasteiger partial charge in [-0.25, -0.2) is 0 Å². The van der Waals surface area contributed by atoms with Crippen LogP contribution in [0.3, 0.4) is 0 Å². The maximum Gasteiger partial charge on any atom is 0.317 e. The molecule has 4 heterocycles. The van der Waals surface area contributed by atoms with Crippen LogP contribution in [0.1, 0.15) is 32.4 Å². The van der Waals surface area contributed by atoms with Gasteiger partial charge in [0.1, 0.15) is 54.7 Å². The van der Waals surface area contributed by atoms with Gasteiger partial charge in [-0.1, -0.05) is 26.0 Å². The average Bonchev–Trinajstić information content (AvgIpc) is 3.64. The van der Waals surface area contributed by atoms with Gasteiger partial charge in [0.25, 0.3) is 0 Å². The molecule has 49 heavy (non-hydrogen) atoms. The van der Waals surface area contributed by atoms with Crippen LogP contribution in [0, 0.1) is 5.92 Å². The highest BCUT2D eigenvalue weighted by atomic mass is 16.8. The van der Waals surface area contributed by atoms with Gasteiger partial charge in [0, 0.05) is 17.6 Å². The van der Waals surface area contributed by atoms with E-state index in [0.717, 1.165) is 23.0 Å². The van der Waals surface area contributed by atoms with Crippen molar-refractivity contribution < 1.29 is 53.5 Å². The highest BCUT2D eigenvalue weighted by Gasteiger charge is 2.49. The van der Waals surface area contributed by atoms with E-state index in [4.69, 9.17) is 28.6 Å². The number of aryl methyl sites for hydroxylation is 1. The van der Waals surface area contributed by atoms with Crippen LogP contribution in [0.4, 0.5) is 0 Å². The number of rotatable bonds is 12. The molecule has 5 atom stereocenters. The van der Waals surface area contributed by atoms with E-state index in [9.17, 15) is 29.7 Å². The van der Waals surface area contributed by atoms with Crippen LogP contribution in [-0.4, -0.2) is 79.4 Å². The maximum absolute atomic E-state index is 13.3. The number of ether oxygens (including phenoxy) is 3. The molecule has 0 spiro atoms. The topological polar surface area (TPSA) is 203 Å². The number of esters is 1. The molecule has 258 valence electrons. The normalized spacial score (nSPS) is 20.9. The number of aromatic nitrogens is 2. The predicted octanol–water partition coefficient (Wildman–Crippen LogP) is 3.38. The van der Waals surface area contributed by atoms with Gasteiger partial charge in [-0.2, -0.15) is 4.73 Å². The summed E-state index contributed by atoms with van der Waals surface area (Å²) in [6, 6.07) is 12.5. The summed E-state index contributed by atoms with van der Waals surface area (Å²) in [4.78, 5) is 45.7. The highest BCUT2D eigenvalue weighted by molar-refractivity contribution is 5.90. The first-order chi connectivity index (χ1) is 23.5. The van der Waals surface area contributed by atoms with Gasteiger partial charge < -0.3 is 48.9 Å². The van der Waals surface area contributed by atoms with Gasteiger partial charge in [0.2, 0.25) is 12.4 Å². The Balaban J connectivity index is 1.30. The second kappa shape index (κ2) is 14.0. The molecule has 0 saturated carbocycles. The number of carboxylic acid groups (broad SMARTS) is 1. The molecule has 2 aromatic carbocycles. The van der Waals surface area contributed by atoms with Crippen LogP contribution in [0.5, 0.6) is 11.5 Å². The first-order valence-electron chi connectivity index (χ1n) is 15.7. The van der Waals surface area contributed by atoms with E-state index in [2.05, 4.69) is 18.8 Å². The number of aromatic amines is 1. The third kappa shape index (κ3) is 7.26. The van der Waals surface area contributed by atoms with E-state index in [0.29, 0.717) is 23.5 Å². The molecule has 5 unspecified atom stereocenters. The van der Waals surface area contributed by atoms with Crippen LogP contribution < -0.4 is 15.0 Å². The number of carbonyl (C=O) groups excluding carboxylic acids is 1. The number of benzene rings is 2. The Kier molecular flexibility index (Phi) is 9.62. The van der Waals surface area contributed by atoms with E-state index in [1.54, 1.807) is 18.3 Å². The molecule has 0 aliphatic carbocycles. The molecular weight excluding hydrogens is 640 g/mol. The molecule has 1 fully saturated rings. The summed E-state index contributed by atoms with van der Waals surface area (Å²) in [5.41, 5.74) is 2.38. The molecule has 1 aliphatic heterocycles. The second-order valence-corrected chi connectivity index (χ2v) is 12.3. The van der Waals surface area contributed by atoms with Crippen LogP contribution in [0.15, 0.2) is 76.4 Å². The number of nitrogens with zero attached hydrogens (tertiary/aromatic N) is 1. The van der Waals surface area contributed by atoms with Crippen molar-refractivity contribution in [3.63, 3.8) is 0 Å². The van der Waals surface area contributed by atoms with E-state index < -0.39 is 55.7 Å². The summed E-state index contributed by atoms with van der Waals surface area (Å²) in [6.07, 6.45) is -1.84. The van der Waals surface area contributed by atoms with Gasteiger partial charge >= 0.3 is 11.9 Å². The molecule has 5 aromatic rings. The molecule has 0 bridgehead atoms. The fraction of sp³-hybridized carbons (Fsp3) is 0.343. The van der Waals surface area contributed by atoms with Crippen molar-refractivity contribution in [1.82, 2.24) is 9.71 Å². The van der Waals surface area contributed by atoms with Crippen molar-refractivity contribution in [2.45, 2.75) is 63.8 Å². The fourth-order valence-corrected chi connectivity index (χ4v) is 5.70. The fourth-order valence-electron chi connectivity index (χ4n) is 5.70. The number of hydrogen-bond acceptors (Lipinski definition) is 11. The standard InChI is InChI=1S/C35H36N2O12/c1-18(2)3-10-25-30-20(11-12-36-30)15-37(25)49-34-33(44)32(43)27(17-46-29(41)14-28(39)40)48-35(34)47-22-8-9-23-26(13-22)45-16-24(31(23)42)19-4-6-21(38)7-5-19/h4-9,11-13,15-16,18,27,32-36,38,43-44H,3,10,14,17H2,1-2H3,(H,39,40). The minimum absolute atomic E-state index is 0.0578. The smallest absolute Gasteiger partial charge is 0.317 e. The number of H-pyrrole nitrogens is 1. The summed E-state index contributed by atoms with van der Waals surface area (Å²) in [5.74, 6) is -1.83. The molecule has 1 saturated heterocycles. The van der Waals surface area contributed by atoms with Crippen molar-refractivity contribution in [2.24, 2.45) is 5.92 Å². The Morgan fingerprint density at radius 1 is 1.06 bits per heavy atom. The molecule has 6 rings (SSSR count). The Bertz CT molecular complexity index is 2010. The van der Waals surface area contributed by atoms with Crippen LogP contribution in [0.2, 0.25) is 0 Å². The van der Waals surface area contributed by atoms with Crippen molar-refractivity contribution in [1.29, 1.82) is 0 Å². The molecule has 14 nitrogen and oxygen atoms in total. The van der Waals surface area contributed by atoms with Gasteiger partial charge in [0.15, 0.2) is 5.43 Å². The lowest BCUT2D eigenvalue weighted by Crippen LogP contribution is -2.63. The Labute approximate surface area is 279 Å². The summed E-state index contributed by atoms with van der Waals surface area (Å²) in [7, 11) is 0. The van der Waals surface area contributed by atoms with Crippen LogP contribution in [0.25, 0.3) is 33.0 Å². The number of hydrogen-bond donors (Lipinski definition) is 5. The average molecular weight is 677 g/mol. The monoisotopic (exact) mass is 676 g/mol. The number of carbonyl (C=O) groups is 2. The SMILES string of the molecule is CC(C)CCc1c2[nH]ccc2cn1OC1C(Oc2ccc3c(=O)c(-c4ccc(O)cc4)coc3c2)OC(COC(=O)CC(=O)O)C(O)C1O. The van der Waals surface area contributed by atoms with Gasteiger partial charge in [-0.05, 0) is 54.7 Å². The van der Waals surface area contributed by atoms with E-state index >= 15 is 0 Å². The molecule has 3 aromatic heterocycles. The lowest BCUT2D eigenvalue weighted by Gasteiger charge is -2.41. The van der Waals surface area contributed by atoms with E-state index in [1.165, 1.54) is 41.3 Å². The third-order valence-electron chi connectivity index (χ3n) is 8.31. The van der Waals surface area contributed by atoms with Crippen molar-refractivity contribution in [2.75, 3.05) is 6.61 Å². The lowest BCUT2D eigenvalue weighted by atomic mass is 9.99. The zero-order valence-electron chi connectivity index (χ0n) is 26.6. The molecular formula is C35H36N2O12. The van der Waals surface area contributed by atoms with Gasteiger partial charge in [-0.15, -0.1) is 0 Å². The van der Waals surface area contributed by atoms with Crippen LogP contribution in [-0.2, 0) is 25.5 Å². The molecule has 0 amide bonds. The summed E-state index contributed by atoms with van der Waals surface area (Å²) in [6.45, 7) is 3.63. The van der Waals surface area contributed by atoms with Gasteiger partial charge in [-0.3, -0.25) is 14.4 Å². The predicted molar refractivity (Wildman–Crippen MR) is 174 cm³/mol. The number of aromatic hydroxyl groups is 1. The van der Waals surface area contributed by atoms with Gasteiger partial charge in [0.05, 0.1) is 28.4 Å². The first-order valence-corrected chi connectivity index (χ1v) is 15.7. The third-order valence-corrected chi connectivity index (χ3v) is 8.31. The minimum Gasteiger partial charge on any atom is -0.508 e. The number of phenols is 1. The first kappa shape index (κ1) is 33.6. The number of nitrogens with one attached hydrogen (secondary N) is 1. The van der Waals surface area contributed by atoms with E-state index in [-0.39, 0.29) is 27.9 Å². The largest absolute Gasteiger partial charge is 0.508 e. The number of carboxylic acids is 1. The Hall–Kier alpha value is -5.31. The molecule has 14 heteroatoms. The Morgan fingerprint density at radius 3 is 2.57 bits per heavy atom. The zero-order valence-corrected chi connectivity index (χ0v) is 26.6. The molecule has 5 N–H and O–H groups in total. The number of aliphatic carboxylic acids is 1. The summed E-state index contributed by atoms with van der Waals surface area (Å²) in [5, 5.41) is 42.0. The number of phenolic OH excluding ortho intramolecular Hbond substituents is 1. The second-order valence-electron chi connectivity index (χ2n) is 12.3. The molecule has 1 aliphatic rings. The van der Waals surface area contributed by atoms with E-state index in [1.807, 2.05) is 12.3 Å². The van der Waals surface area contributed by atoms with Crippen LogP contribution >= 0.6 is 0 Å².